The van der Waals surface area contributed by atoms with Crippen molar-refractivity contribution in [2.24, 2.45) is 0 Å². The van der Waals surface area contributed by atoms with Crippen LogP contribution in [0.15, 0.2) is 53.4 Å². The summed E-state index contributed by atoms with van der Waals surface area (Å²) in [6.07, 6.45) is -5.85. The van der Waals surface area contributed by atoms with Gasteiger partial charge in [0.05, 0.1) is 16.1 Å². The maximum absolute atomic E-state index is 13.6. The number of sulfonamides is 1. The van der Waals surface area contributed by atoms with Gasteiger partial charge in [-0.2, -0.15) is 22.0 Å². The number of para-hydroxylation sites is 1. The van der Waals surface area contributed by atoms with Gasteiger partial charge in [-0.05, 0) is 25.1 Å². The van der Waals surface area contributed by atoms with Crippen LogP contribution in [0.25, 0.3) is 0 Å². The van der Waals surface area contributed by atoms with Crippen molar-refractivity contribution in [2.75, 3.05) is 4.72 Å². The summed E-state index contributed by atoms with van der Waals surface area (Å²) in [4.78, 5) is -0.252. The third-order valence-corrected chi connectivity index (χ3v) is 4.58. The third kappa shape index (κ3) is 3.50. The summed E-state index contributed by atoms with van der Waals surface area (Å²) < 4.78 is 91.1. The van der Waals surface area contributed by atoms with Gasteiger partial charge in [-0.1, -0.05) is 35.9 Å². The predicted molar refractivity (Wildman–Crippen MR) is 78.4 cm³/mol. The Morgan fingerprint density at radius 3 is 1.96 bits per heavy atom. The van der Waals surface area contributed by atoms with Gasteiger partial charge < -0.3 is 0 Å². The second-order valence-corrected chi connectivity index (χ2v) is 6.72. The lowest BCUT2D eigenvalue weighted by Gasteiger charge is -2.22. The molecule has 0 atom stereocenters. The molecule has 1 N–H and O–H groups in total. The molecule has 24 heavy (non-hydrogen) atoms. The Balaban J connectivity index is 2.46. The molecule has 0 heterocycles. The fourth-order valence-electron chi connectivity index (χ4n) is 1.92. The molecule has 0 fully saturated rings. The van der Waals surface area contributed by atoms with E-state index in [1.165, 1.54) is 24.3 Å². The summed E-state index contributed by atoms with van der Waals surface area (Å²) in [7, 11) is -4.31. The Morgan fingerprint density at radius 2 is 1.42 bits per heavy atom. The van der Waals surface area contributed by atoms with Crippen molar-refractivity contribution in [3.05, 3.63) is 59.7 Å². The van der Waals surface area contributed by atoms with Crippen LogP contribution in [0.2, 0.25) is 0 Å². The van der Waals surface area contributed by atoms with Crippen molar-refractivity contribution >= 4 is 15.7 Å². The Bertz CT molecular complexity index is 830. The van der Waals surface area contributed by atoms with E-state index in [0.29, 0.717) is 6.07 Å². The zero-order chi connectivity index (χ0) is 18.2. The van der Waals surface area contributed by atoms with Gasteiger partial charge in [0.15, 0.2) is 0 Å². The van der Waals surface area contributed by atoms with Crippen molar-refractivity contribution in [1.82, 2.24) is 0 Å². The number of alkyl halides is 5. The van der Waals surface area contributed by atoms with Crippen LogP contribution in [0.4, 0.5) is 27.6 Å². The van der Waals surface area contributed by atoms with Crippen LogP contribution in [0, 0.1) is 6.92 Å². The second kappa shape index (κ2) is 6.04. The number of anilines is 1. The molecule has 0 aliphatic heterocycles. The predicted octanol–water partition coefficient (Wildman–Crippen LogP) is 4.45. The first-order valence-corrected chi connectivity index (χ1v) is 8.07. The highest BCUT2D eigenvalue weighted by atomic mass is 32.2. The first kappa shape index (κ1) is 18.2. The van der Waals surface area contributed by atoms with Crippen LogP contribution in [-0.2, 0) is 15.9 Å². The van der Waals surface area contributed by atoms with Crippen molar-refractivity contribution in [1.29, 1.82) is 0 Å². The van der Waals surface area contributed by atoms with Crippen LogP contribution in [0.5, 0.6) is 0 Å². The molecule has 0 amide bonds. The normalized spacial score (nSPS) is 12.9. The van der Waals surface area contributed by atoms with Crippen LogP contribution >= 0.6 is 0 Å². The topological polar surface area (TPSA) is 46.2 Å². The van der Waals surface area contributed by atoms with E-state index < -0.39 is 33.4 Å². The van der Waals surface area contributed by atoms with E-state index in [4.69, 9.17) is 0 Å². The molecule has 0 saturated heterocycles. The lowest BCUT2D eigenvalue weighted by Crippen LogP contribution is -2.34. The van der Waals surface area contributed by atoms with E-state index in [0.717, 1.165) is 23.8 Å². The molecule has 3 nitrogen and oxygen atoms in total. The molecule has 2 aromatic rings. The fraction of sp³-hybridized carbons (Fsp3) is 0.200. The van der Waals surface area contributed by atoms with Gasteiger partial charge in [0.2, 0.25) is 0 Å². The smallest absolute Gasteiger partial charge is 0.279 e. The standard InChI is InChI=1S/C15H12F5NO2S/c1-10-6-8-11(9-7-10)24(22,23)21-13-5-3-2-4-12(13)14(16,17)15(18,19)20/h2-9,21H,1H3. The average molecular weight is 365 g/mol. The maximum atomic E-state index is 13.6. The summed E-state index contributed by atoms with van der Waals surface area (Å²) in [6.45, 7) is 1.71. The Labute approximate surface area is 135 Å². The number of halogens is 5. The third-order valence-electron chi connectivity index (χ3n) is 3.20. The molecule has 2 rings (SSSR count). The number of aryl methyl sites for hydroxylation is 1. The molecular formula is C15H12F5NO2S. The van der Waals surface area contributed by atoms with Crippen LogP contribution in [0.1, 0.15) is 11.1 Å². The minimum Gasteiger partial charge on any atom is -0.279 e. The fourth-order valence-corrected chi connectivity index (χ4v) is 3.00. The van der Waals surface area contributed by atoms with E-state index in [-0.39, 0.29) is 4.90 Å². The van der Waals surface area contributed by atoms with Crippen molar-refractivity contribution in [2.45, 2.75) is 23.9 Å². The molecule has 0 aliphatic rings. The SMILES string of the molecule is Cc1ccc(S(=O)(=O)Nc2ccccc2C(F)(F)C(F)(F)F)cc1. The minimum atomic E-state index is -5.85. The summed E-state index contributed by atoms with van der Waals surface area (Å²) in [5, 5.41) is 0. The zero-order valence-electron chi connectivity index (χ0n) is 12.2. The zero-order valence-corrected chi connectivity index (χ0v) is 13.0. The molecule has 0 spiro atoms. The van der Waals surface area contributed by atoms with E-state index in [9.17, 15) is 30.4 Å². The van der Waals surface area contributed by atoms with Gasteiger partial charge >= 0.3 is 12.1 Å². The molecule has 0 radical (unpaired) electrons. The maximum Gasteiger partial charge on any atom is 0.458 e. The van der Waals surface area contributed by atoms with Gasteiger partial charge in [-0.25, -0.2) is 8.42 Å². The molecule has 0 saturated carbocycles. The summed E-state index contributed by atoms with van der Waals surface area (Å²) in [5.41, 5.74) is -1.54. The highest BCUT2D eigenvalue weighted by Gasteiger charge is 2.59. The second-order valence-electron chi connectivity index (χ2n) is 5.04. The molecule has 0 bridgehead atoms. The van der Waals surface area contributed by atoms with E-state index >= 15 is 0 Å². The minimum absolute atomic E-state index is 0.252. The van der Waals surface area contributed by atoms with Crippen LogP contribution in [-0.4, -0.2) is 14.6 Å². The highest BCUT2D eigenvalue weighted by molar-refractivity contribution is 7.92. The number of benzene rings is 2. The van der Waals surface area contributed by atoms with Gasteiger partial charge in [0.1, 0.15) is 0 Å². The van der Waals surface area contributed by atoms with Crippen molar-refractivity contribution in [3.63, 3.8) is 0 Å². The molecule has 9 heteroatoms. The Morgan fingerprint density at radius 1 is 0.875 bits per heavy atom. The average Bonchev–Trinajstić information content (AvgIpc) is 2.46. The van der Waals surface area contributed by atoms with Gasteiger partial charge in [0, 0.05) is 0 Å². The van der Waals surface area contributed by atoms with Crippen LogP contribution in [0.3, 0.4) is 0 Å². The Kier molecular flexibility index (Phi) is 4.58. The molecule has 0 aromatic heterocycles. The van der Waals surface area contributed by atoms with Crippen molar-refractivity contribution < 1.29 is 30.4 Å². The van der Waals surface area contributed by atoms with E-state index in [2.05, 4.69) is 0 Å². The lowest BCUT2D eigenvalue weighted by atomic mass is 10.1. The van der Waals surface area contributed by atoms with Crippen molar-refractivity contribution in [3.8, 4) is 0 Å². The molecule has 0 unspecified atom stereocenters. The largest absolute Gasteiger partial charge is 0.458 e. The summed E-state index contributed by atoms with van der Waals surface area (Å²) >= 11 is 0. The van der Waals surface area contributed by atoms with Gasteiger partial charge in [-0.3, -0.25) is 4.72 Å². The molecular weight excluding hydrogens is 353 g/mol. The van der Waals surface area contributed by atoms with E-state index in [1.54, 1.807) is 11.6 Å². The number of hydrogen-bond donors (Lipinski definition) is 1. The monoisotopic (exact) mass is 365 g/mol. The van der Waals surface area contributed by atoms with E-state index in [1.807, 2.05) is 0 Å². The summed E-state index contributed by atoms with van der Waals surface area (Å²) in [5.74, 6) is -5.20. The van der Waals surface area contributed by atoms with Gasteiger partial charge in [0.25, 0.3) is 10.0 Å². The quantitative estimate of drug-likeness (QED) is 0.814. The first-order valence-electron chi connectivity index (χ1n) is 6.59. The summed E-state index contributed by atoms with van der Waals surface area (Å²) in [6, 6.07) is 8.91. The Hall–Kier alpha value is -2.16. The number of rotatable bonds is 4. The number of nitrogens with one attached hydrogen (secondary N) is 1. The lowest BCUT2D eigenvalue weighted by molar-refractivity contribution is -0.289. The van der Waals surface area contributed by atoms with Crippen LogP contribution < -0.4 is 4.72 Å². The molecule has 0 aliphatic carbocycles. The molecule has 2 aromatic carbocycles. The molecule has 130 valence electrons. The number of hydrogen-bond acceptors (Lipinski definition) is 2. The first-order chi connectivity index (χ1) is 10.9. The highest BCUT2D eigenvalue weighted by Crippen LogP contribution is 2.46. The van der Waals surface area contributed by atoms with Gasteiger partial charge in [-0.15, -0.1) is 0 Å².